The molecular weight excluding hydrogens is 254 g/mol. The van der Waals surface area contributed by atoms with Crippen molar-refractivity contribution in [1.29, 1.82) is 0 Å². The Bertz CT molecular complexity index is 665. The Morgan fingerprint density at radius 2 is 2.10 bits per heavy atom. The number of rotatable bonds is 1. The van der Waals surface area contributed by atoms with Gasteiger partial charge in [-0.05, 0) is 37.3 Å². The van der Waals surface area contributed by atoms with Gasteiger partial charge in [0.15, 0.2) is 0 Å². The molecule has 1 aromatic rings. The summed E-state index contributed by atoms with van der Waals surface area (Å²) in [5, 5.41) is 9.57. The van der Waals surface area contributed by atoms with Gasteiger partial charge in [-0.3, -0.25) is 9.59 Å². The predicted octanol–water partition coefficient (Wildman–Crippen LogP) is 2.09. The molecule has 1 saturated heterocycles. The maximum atomic E-state index is 12.8. The third-order valence-corrected chi connectivity index (χ3v) is 5.20. The van der Waals surface area contributed by atoms with E-state index in [1.54, 1.807) is 12.1 Å². The molecule has 1 heterocycles. The van der Waals surface area contributed by atoms with Crippen LogP contribution in [0.4, 0.5) is 5.69 Å². The van der Waals surface area contributed by atoms with Crippen molar-refractivity contribution in [2.45, 2.75) is 13.3 Å². The maximum absolute atomic E-state index is 12.8. The number of carbonyl (C=O) groups excluding carboxylic acids is 2. The number of aromatic hydroxyl groups is 1. The number of fused-ring (bicyclic) bond motifs is 5. The van der Waals surface area contributed by atoms with Gasteiger partial charge >= 0.3 is 0 Å². The molecule has 1 saturated carbocycles. The van der Waals surface area contributed by atoms with Crippen LogP contribution in [0.1, 0.15) is 13.3 Å². The molecule has 2 aliphatic carbocycles. The van der Waals surface area contributed by atoms with Crippen LogP contribution in [-0.2, 0) is 9.59 Å². The monoisotopic (exact) mass is 269 g/mol. The molecule has 0 unspecified atom stereocenters. The van der Waals surface area contributed by atoms with Crippen molar-refractivity contribution in [1.82, 2.24) is 0 Å². The van der Waals surface area contributed by atoms with E-state index in [0.29, 0.717) is 5.69 Å². The van der Waals surface area contributed by atoms with E-state index in [9.17, 15) is 14.7 Å². The first-order chi connectivity index (χ1) is 9.53. The van der Waals surface area contributed by atoms with E-state index in [4.69, 9.17) is 0 Å². The summed E-state index contributed by atoms with van der Waals surface area (Å²) >= 11 is 0. The van der Waals surface area contributed by atoms with Gasteiger partial charge < -0.3 is 5.11 Å². The number of benzene rings is 1. The number of hydrogen-bond donors (Lipinski definition) is 1. The first-order valence-electron chi connectivity index (χ1n) is 6.89. The van der Waals surface area contributed by atoms with Crippen LogP contribution in [0.15, 0.2) is 36.4 Å². The summed E-state index contributed by atoms with van der Waals surface area (Å²) in [7, 11) is 0. The zero-order valence-electron chi connectivity index (χ0n) is 11.1. The molecule has 4 nitrogen and oxygen atoms in total. The third-order valence-electron chi connectivity index (χ3n) is 5.20. The lowest BCUT2D eigenvalue weighted by molar-refractivity contribution is -0.127. The highest BCUT2D eigenvalue weighted by molar-refractivity contribution is 6.24. The van der Waals surface area contributed by atoms with E-state index in [-0.39, 0.29) is 35.3 Å². The van der Waals surface area contributed by atoms with Gasteiger partial charge in [-0.15, -0.1) is 0 Å². The van der Waals surface area contributed by atoms with Gasteiger partial charge in [0.05, 0.1) is 17.0 Å². The molecule has 0 spiro atoms. The topological polar surface area (TPSA) is 57.6 Å². The summed E-state index contributed by atoms with van der Waals surface area (Å²) in [4.78, 5) is 26.8. The van der Waals surface area contributed by atoms with Gasteiger partial charge in [-0.1, -0.05) is 18.2 Å². The molecule has 20 heavy (non-hydrogen) atoms. The minimum absolute atomic E-state index is 0.0615. The van der Waals surface area contributed by atoms with Gasteiger partial charge in [0.1, 0.15) is 5.75 Å². The zero-order valence-corrected chi connectivity index (χ0v) is 11.1. The van der Waals surface area contributed by atoms with Crippen molar-refractivity contribution in [3.63, 3.8) is 0 Å². The highest BCUT2D eigenvalue weighted by atomic mass is 16.3. The number of anilines is 1. The second-order valence-electron chi connectivity index (χ2n) is 6.15. The fourth-order valence-corrected chi connectivity index (χ4v) is 4.18. The predicted molar refractivity (Wildman–Crippen MR) is 72.9 cm³/mol. The van der Waals surface area contributed by atoms with Crippen molar-refractivity contribution in [2.24, 2.45) is 23.2 Å². The SMILES string of the molecule is C[C@]12C(=O)N(c3cccc(O)c3)C(=O)[C@@H]1[C@H]1C=C[C@H]2C1. The van der Waals surface area contributed by atoms with E-state index in [1.807, 2.05) is 6.92 Å². The van der Waals surface area contributed by atoms with Crippen molar-refractivity contribution in [3.05, 3.63) is 36.4 Å². The first-order valence-corrected chi connectivity index (χ1v) is 6.89. The highest BCUT2D eigenvalue weighted by Gasteiger charge is 2.67. The third kappa shape index (κ3) is 1.17. The van der Waals surface area contributed by atoms with Crippen LogP contribution in [-0.4, -0.2) is 16.9 Å². The van der Waals surface area contributed by atoms with Crippen LogP contribution in [0.2, 0.25) is 0 Å². The largest absolute Gasteiger partial charge is 0.508 e. The number of amides is 2. The van der Waals surface area contributed by atoms with Gasteiger partial charge in [0, 0.05) is 6.07 Å². The Morgan fingerprint density at radius 3 is 2.80 bits per heavy atom. The van der Waals surface area contributed by atoms with E-state index < -0.39 is 5.41 Å². The van der Waals surface area contributed by atoms with E-state index in [1.165, 1.54) is 17.0 Å². The Balaban J connectivity index is 1.82. The normalized spacial score (nSPS) is 37.9. The number of hydrogen-bond acceptors (Lipinski definition) is 3. The van der Waals surface area contributed by atoms with Crippen LogP contribution >= 0.6 is 0 Å². The molecular formula is C16H15NO3. The second kappa shape index (κ2) is 3.51. The fraction of sp³-hybridized carbons (Fsp3) is 0.375. The Morgan fingerprint density at radius 1 is 1.30 bits per heavy atom. The summed E-state index contributed by atoms with van der Waals surface area (Å²) in [6, 6.07) is 6.33. The number of imide groups is 1. The number of nitrogens with zero attached hydrogens (tertiary/aromatic N) is 1. The van der Waals surface area contributed by atoms with Gasteiger partial charge in [0.2, 0.25) is 11.8 Å². The zero-order chi connectivity index (χ0) is 14.1. The second-order valence-corrected chi connectivity index (χ2v) is 6.15. The van der Waals surface area contributed by atoms with Gasteiger partial charge in [-0.25, -0.2) is 4.90 Å². The molecule has 0 radical (unpaired) electrons. The van der Waals surface area contributed by atoms with Crippen LogP contribution in [0, 0.1) is 23.2 Å². The first kappa shape index (κ1) is 11.7. The van der Waals surface area contributed by atoms with Crippen LogP contribution < -0.4 is 4.90 Å². The molecule has 4 heteroatoms. The molecule has 1 aliphatic heterocycles. The lowest BCUT2D eigenvalue weighted by Gasteiger charge is -2.28. The number of carbonyl (C=O) groups is 2. The standard InChI is InChI=1S/C16H15NO3/c1-16-10-6-5-9(7-10)13(16)14(19)17(15(16)20)11-3-2-4-12(18)8-11/h2-6,8-10,13,18H,7H2,1H3/t9-,10-,13-,16+/m0/s1. The van der Waals surface area contributed by atoms with E-state index in [2.05, 4.69) is 12.2 Å². The van der Waals surface area contributed by atoms with Gasteiger partial charge in [-0.2, -0.15) is 0 Å². The molecule has 1 aromatic carbocycles. The maximum Gasteiger partial charge on any atom is 0.241 e. The van der Waals surface area contributed by atoms with E-state index in [0.717, 1.165) is 6.42 Å². The van der Waals surface area contributed by atoms with Crippen LogP contribution in [0.3, 0.4) is 0 Å². The minimum atomic E-state index is -0.609. The van der Waals surface area contributed by atoms with Crippen molar-refractivity contribution >= 4 is 17.5 Å². The molecule has 2 bridgehead atoms. The molecule has 2 fully saturated rings. The number of phenolic OH excluding ortho intramolecular Hbond substituents is 1. The highest BCUT2D eigenvalue weighted by Crippen LogP contribution is 2.60. The summed E-state index contributed by atoms with van der Waals surface area (Å²) < 4.78 is 0. The lowest BCUT2D eigenvalue weighted by Crippen LogP contribution is -2.37. The quantitative estimate of drug-likeness (QED) is 0.627. The molecule has 102 valence electrons. The summed E-state index contributed by atoms with van der Waals surface area (Å²) in [6.45, 7) is 1.91. The van der Waals surface area contributed by atoms with Crippen LogP contribution in [0.5, 0.6) is 5.75 Å². The lowest BCUT2D eigenvalue weighted by atomic mass is 9.71. The molecule has 3 aliphatic rings. The molecule has 2 amide bonds. The molecule has 1 N–H and O–H groups in total. The van der Waals surface area contributed by atoms with Crippen molar-refractivity contribution in [3.8, 4) is 5.75 Å². The summed E-state index contributed by atoms with van der Waals surface area (Å²) in [5.41, 5.74) is -0.142. The summed E-state index contributed by atoms with van der Waals surface area (Å²) in [5.74, 6) is -0.0892. The van der Waals surface area contributed by atoms with E-state index >= 15 is 0 Å². The Labute approximate surface area is 116 Å². The molecule has 4 atom stereocenters. The number of allylic oxidation sites excluding steroid dienone is 2. The smallest absolute Gasteiger partial charge is 0.241 e. The average molecular weight is 269 g/mol. The summed E-state index contributed by atoms with van der Waals surface area (Å²) in [6.07, 6.45) is 5.07. The van der Waals surface area contributed by atoms with Crippen LogP contribution in [0.25, 0.3) is 0 Å². The Kier molecular flexibility index (Phi) is 2.05. The number of phenols is 1. The molecule has 4 rings (SSSR count). The van der Waals surface area contributed by atoms with Gasteiger partial charge in [0.25, 0.3) is 0 Å². The molecule has 0 aromatic heterocycles. The van der Waals surface area contributed by atoms with Crippen molar-refractivity contribution < 1.29 is 14.7 Å². The average Bonchev–Trinajstić information content (AvgIpc) is 3.03. The minimum Gasteiger partial charge on any atom is -0.508 e. The fourth-order valence-electron chi connectivity index (χ4n) is 4.18. The Hall–Kier alpha value is -2.10. The van der Waals surface area contributed by atoms with Crippen molar-refractivity contribution in [2.75, 3.05) is 4.90 Å².